The highest BCUT2D eigenvalue weighted by Gasteiger charge is 2.16. The molecule has 0 saturated heterocycles. The van der Waals surface area contributed by atoms with E-state index in [1.807, 2.05) is 0 Å². The molecule has 1 rings (SSSR count). The van der Waals surface area contributed by atoms with Gasteiger partial charge in [0, 0.05) is 23.5 Å². The zero-order chi connectivity index (χ0) is 12.9. The van der Waals surface area contributed by atoms with Crippen LogP contribution in [0.2, 0.25) is 0 Å². The third-order valence-electron chi connectivity index (χ3n) is 2.82. The highest BCUT2D eigenvalue weighted by atomic mass is 32.1. The maximum atomic E-state index is 4.56. The number of rotatable bonds is 6. The van der Waals surface area contributed by atoms with Gasteiger partial charge in [-0.05, 0) is 31.7 Å². The number of likely N-dealkylation sites (N-methyl/N-ethyl adjacent to an activating group) is 1. The zero-order valence-electron chi connectivity index (χ0n) is 11.8. The van der Waals surface area contributed by atoms with Gasteiger partial charge in [-0.3, -0.25) is 0 Å². The minimum Gasteiger partial charge on any atom is -0.314 e. The van der Waals surface area contributed by atoms with Gasteiger partial charge in [-0.1, -0.05) is 27.7 Å². The molecule has 3 heteroatoms. The molecule has 2 nitrogen and oxygen atoms in total. The van der Waals surface area contributed by atoms with Gasteiger partial charge in [0.05, 0.1) is 5.01 Å². The number of thiazole rings is 1. The van der Waals surface area contributed by atoms with Gasteiger partial charge in [0.1, 0.15) is 0 Å². The highest BCUT2D eigenvalue weighted by Crippen LogP contribution is 2.23. The first-order valence-corrected chi connectivity index (χ1v) is 7.43. The lowest BCUT2D eigenvalue weighted by atomic mass is 9.88. The summed E-state index contributed by atoms with van der Waals surface area (Å²) in [5.41, 5.74) is 1.57. The van der Waals surface area contributed by atoms with Gasteiger partial charge < -0.3 is 5.32 Å². The Morgan fingerprint density at radius 3 is 2.59 bits per heavy atom. The summed E-state index contributed by atoms with van der Waals surface area (Å²) in [6.07, 6.45) is 3.56. The monoisotopic (exact) mass is 254 g/mol. The summed E-state index contributed by atoms with van der Waals surface area (Å²) in [6, 6.07) is 0.574. The first-order chi connectivity index (χ1) is 7.90. The molecular formula is C14H26N2S. The topological polar surface area (TPSA) is 24.9 Å². The normalized spacial score (nSPS) is 13.9. The number of hydrogen-bond acceptors (Lipinski definition) is 3. The van der Waals surface area contributed by atoms with E-state index in [4.69, 9.17) is 0 Å². The molecule has 0 bridgehead atoms. The minimum absolute atomic E-state index is 0.423. The Kier molecular flexibility index (Phi) is 5.60. The molecule has 1 unspecified atom stereocenters. The molecular weight excluding hydrogens is 228 g/mol. The van der Waals surface area contributed by atoms with Crippen LogP contribution in [0.25, 0.3) is 0 Å². The Hall–Kier alpha value is -0.410. The SMILES string of the molecule is CCNC(CCC(C)(C)C)Cc1nc(C)cs1. The number of aromatic nitrogens is 1. The van der Waals surface area contributed by atoms with E-state index in [0.717, 1.165) is 18.7 Å². The second-order valence-electron chi connectivity index (χ2n) is 5.94. The van der Waals surface area contributed by atoms with E-state index in [2.05, 4.69) is 50.3 Å². The Balaban J connectivity index is 2.48. The van der Waals surface area contributed by atoms with E-state index in [1.54, 1.807) is 11.3 Å². The lowest BCUT2D eigenvalue weighted by molar-refractivity contribution is 0.330. The van der Waals surface area contributed by atoms with Crippen molar-refractivity contribution in [1.29, 1.82) is 0 Å². The second kappa shape index (κ2) is 6.50. The molecule has 0 aliphatic carbocycles. The van der Waals surface area contributed by atoms with E-state index in [9.17, 15) is 0 Å². The lowest BCUT2D eigenvalue weighted by Crippen LogP contribution is -2.32. The smallest absolute Gasteiger partial charge is 0.0943 e. The van der Waals surface area contributed by atoms with Gasteiger partial charge in [-0.15, -0.1) is 11.3 Å². The van der Waals surface area contributed by atoms with Crippen LogP contribution in [0.1, 0.15) is 51.2 Å². The maximum Gasteiger partial charge on any atom is 0.0943 e. The summed E-state index contributed by atoms with van der Waals surface area (Å²) < 4.78 is 0. The maximum absolute atomic E-state index is 4.56. The van der Waals surface area contributed by atoms with Crippen LogP contribution < -0.4 is 5.32 Å². The summed E-state index contributed by atoms with van der Waals surface area (Å²) in [5, 5.41) is 6.99. The molecule has 0 aliphatic heterocycles. The van der Waals surface area contributed by atoms with Gasteiger partial charge in [-0.25, -0.2) is 4.98 Å². The predicted octanol–water partition coefficient (Wildman–Crippen LogP) is 3.80. The van der Waals surface area contributed by atoms with Crippen LogP contribution in [0.3, 0.4) is 0 Å². The van der Waals surface area contributed by atoms with Crippen LogP contribution in [0.5, 0.6) is 0 Å². The number of nitrogens with zero attached hydrogens (tertiary/aromatic N) is 1. The summed E-state index contributed by atoms with van der Waals surface area (Å²) >= 11 is 1.79. The van der Waals surface area contributed by atoms with Crippen molar-refractivity contribution in [3.8, 4) is 0 Å². The first-order valence-electron chi connectivity index (χ1n) is 6.55. The van der Waals surface area contributed by atoms with Gasteiger partial charge in [0.25, 0.3) is 0 Å². The number of nitrogens with one attached hydrogen (secondary N) is 1. The van der Waals surface area contributed by atoms with Crippen LogP contribution in [0.15, 0.2) is 5.38 Å². The second-order valence-corrected chi connectivity index (χ2v) is 6.88. The Morgan fingerprint density at radius 1 is 1.41 bits per heavy atom. The Bertz CT molecular complexity index is 325. The molecule has 0 aromatic carbocycles. The molecule has 0 saturated carbocycles. The molecule has 1 N–H and O–H groups in total. The van der Waals surface area contributed by atoms with Crippen molar-refractivity contribution in [3.63, 3.8) is 0 Å². The number of aryl methyl sites for hydroxylation is 1. The third kappa shape index (κ3) is 6.18. The molecule has 0 amide bonds. The molecule has 1 aromatic heterocycles. The molecule has 1 heterocycles. The van der Waals surface area contributed by atoms with Crippen molar-refractivity contribution in [1.82, 2.24) is 10.3 Å². The fourth-order valence-electron chi connectivity index (χ4n) is 1.88. The zero-order valence-corrected chi connectivity index (χ0v) is 12.7. The van der Waals surface area contributed by atoms with Gasteiger partial charge in [0.2, 0.25) is 0 Å². The molecule has 0 aliphatic rings. The summed E-state index contributed by atoms with van der Waals surface area (Å²) in [7, 11) is 0. The van der Waals surface area contributed by atoms with Crippen LogP contribution in [0.4, 0.5) is 0 Å². The fraction of sp³-hybridized carbons (Fsp3) is 0.786. The Labute approximate surface area is 110 Å². The quantitative estimate of drug-likeness (QED) is 0.835. The van der Waals surface area contributed by atoms with Crippen molar-refractivity contribution >= 4 is 11.3 Å². The molecule has 1 atom stereocenters. The van der Waals surface area contributed by atoms with Crippen molar-refractivity contribution in [2.45, 2.75) is 59.9 Å². The highest BCUT2D eigenvalue weighted by molar-refractivity contribution is 7.09. The summed E-state index contributed by atoms with van der Waals surface area (Å²) in [6.45, 7) is 12.2. The minimum atomic E-state index is 0.423. The Morgan fingerprint density at radius 2 is 2.12 bits per heavy atom. The lowest BCUT2D eigenvalue weighted by Gasteiger charge is -2.23. The van der Waals surface area contributed by atoms with Crippen LogP contribution in [-0.4, -0.2) is 17.6 Å². The van der Waals surface area contributed by atoms with Crippen LogP contribution in [-0.2, 0) is 6.42 Å². The average molecular weight is 254 g/mol. The summed E-state index contributed by atoms with van der Waals surface area (Å²) in [4.78, 5) is 4.56. The van der Waals surface area contributed by atoms with Gasteiger partial charge >= 0.3 is 0 Å². The largest absolute Gasteiger partial charge is 0.314 e. The van der Waals surface area contributed by atoms with Crippen LogP contribution >= 0.6 is 11.3 Å². The van der Waals surface area contributed by atoms with E-state index in [-0.39, 0.29) is 0 Å². The molecule has 0 spiro atoms. The van der Waals surface area contributed by atoms with E-state index >= 15 is 0 Å². The molecule has 17 heavy (non-hydrogen) atoms. The van der Waals surface area contributed by atoms with Gasteiger partial charge in [-0.2, -0.15) is 0 Å². The molecule has 1 aromatic rings. The average Bonchev–Trinajstić information content (AvgIpc) is 2.60. The van der Waals surface area contributed by atoms with Crippen molar-refractivity contribution < 1.29 is 0 Å². The van der Waals surface area contributed by atoms with E-state index < -0.39 is 0 Å². The van der Waals surface area contributed by atoms with Crippen molar-refractivity contribution in [2.24, 2.45) is 5.41 Å². The molecule has 0 fully saturated rings. The molecule has 98 valence electrons. The first kappa shape index (κ1) is 14.7. The summed E-state index contributed by atoms with van der Waals surface area (Å²) in [5.74, 6) is 0. The fourth-order valence-corrected chi connectivity index (χ4v) is 2.73. The van der Waals surface area contributed by atoms with Crippen molar-refractivity contribution in [2.75, 3.05) is 6.54 Å². The third-order valence-corrected chi connectivity index (χ3v) is 3.81. The van der Waals surface area contributed by atoms with Gasteiger partial charge in [0.15, 0.2) is 0 Å². The number of hydrogen-bond donors (Lipinski definition) is 1. The van der Waals surface area contributed by atoms with Crippen LogP contribution in [0, 0.1) is 12.3 Å². The van der Waals surface area contributed by atoms with E-state index in [0.29, 0.717) is 11.5 Å². The van der Waals surface area contributed by atoms with Crippen molar-refractivity contribution in [3.05, 3.63) is 16.1 Å². The predicted molar refractivity (Wildman–Crippen MR) is 76.7 cm³/mol. The molecule has 0 radical (unpaired) electrons. The van der Waals surface area contributed by atoms with E-state index in [1.165, 1.54) is 17.8 Å². The standard InChI is InChI=1S/C14H26N2S/c1-6-15-12(7-8-14(3,4)5)9-13-16-11(2)10-17-13/h10,12,15H,6-9H2,1-5H3.